The lowest BCUT2D eigenvalue weighted by Crippen LogP contribution is -2.42. The molecule has 1 N–H and O–H groups in total. The van der Waals surface area contributed by atoms with Crippen molar-refractivity contribution < 1.29 is 23.5 Å². The average Bonchev–Trinajstić information content (AvgIpc) is 2.71. The largest absolute Gasteiger partial charge is 0.493 e. The Labute approximate surface area is 180 Å². The van der Waals surface area contributed by atoms with Gasteiger partial charge in [-0.1, -0.05) is 18.5 Å². The Morgan fingerprint density at radius 2 is 1.87 bits per heavy atom. The molecule has 2 aromatic rings. The highest BCUT2D eigenvalue weighted by Gasteiger charge is 2.24. The van der Waals surface area contributed by atoms with Crippen molar-refractivity contribution in [3.63, 3.8) is 0 Å². The van der Waals surface area contributed by atoms with Crippen molar-refractivity contribution in [1.82, 2.24) is 4.90 Å². The van der Waals surface area contributed by atoms with Gasteiger partial charge in [0.2, 0.25) is 5.91 Å². The molecule has 0 heterocycles. The number of carbonyl (C=O) groups excluding carboxylic acids is 2. The summed E-state index contributed by atoms with van der Waals surface area (Å²) >= 11 is 6.32. The van der Waals surface area contributed by atoms with Crippen molar-refractivity contribution in [3.05, 3.63) is 52.8 Å². The minimum atomic E-state index is -0.399. The molecule has 2 amide bonds. The number of anilines is 1. The van der Waals surface area contributed by atoms with Crippen LogP contribution >= 0.6 is 11.6 Å². The second-order valence-electron chi connectivity index (χ2n) is 6.92. The van der Waals surface area contributed by atoms with E-state index in [4.69, 9.17) is 21.1 Å². The smallest absolute Gasteiger partial charge is 0.254 e. The highest BCUT2D eigenvalue weighted by molar-refractivity contribution is 6.32. The van der Waals surface area contributed by atoms with Crippen LogP contribution in [0.4, 0.5) is 10.1 Å². The molecule has 2 aromatic carbocycles. The van der Waals surface area contributed by atoms with Gasteiger partial charge in [0.1, 0.15) is 12.4 Å². The molecule has 0 aliphatic heterocycles. The van der Waals surface area contributed by atoms with Crippen LogP contribution in [0.5, 0.6) is 11.5 Å². The molecule has 0 saturated carbocycles. The Morgan fingerprint density at radius 1 is 1.20 bits per heavy atom. The molecule has 0 atom stereocenters. The van der Waals surface area contributed by atoms with Crippen LogP contribution in [0.2, 0.25) is 5.02 Å². The highest BCUT2D eigenvalue weighted by atomic mass is 35.5. The molecule has 0 spiro atoms. The van der Waals surface area contributed by atoms with E-state index in [1.807, 2.05) is 6.92 Å². The standard InChI is InChI=1S/C22H26ClFN2O4/c1-5-10-30-21-18(23)11-15(12-19(21)29-4)22(28)26(14(2)3)13-20(27)25-17-8-6-16(24)7-9-17/h6-9,11-12,14H,5,10,13H2,1-4H3,(H,25,27). The first-order valence-corrected chi connectivity index (χ1v) is 10.0. The summed E-state index contributed by atoms with van der Waals surface area (Å²) in [6, 6.07) is 8.20. The Bertz CT molecular complexity index is 887. The Morgan fingerprint density at radius 3 is 2.43 bits per heavy atom. The number of rotatable bonds is 9. The molecule has 30 heavy (non-hydrogen) atoms. The number of hydrogen-bond donors (Lipinski definition) is 1. The summed E-state index contributed by atoms with van der Waals surface area (Å²) in [5.41, 5.74) is 0.726. The summed E-state index contributed by atoms with van der Waals surface area (Å²) in [5.74, 6) is -0.447. The number of nitrogens with one attached hydrogen (secondary N) is 1. The van der Waals surface area contributed by atoms with Gasteiger partial charge >= 0.3 is 0 Å². The van der Waals surface area contributed by atoms with Crippen LogP contribution in [0.3, 0.4) is 0 Å². The lowest BCUT2D eigenvalue weighted by atomic mass is 10.1. The van der Waals surface area contributed by atoms with Gasteiger partial charge in [-0.2, -0.15) is 0 Å². The normalized spacial score (nSPS) is 10.6. The van der Waals surface area contributed by atoms with Crippen molar-refractivity contribution >= 4 is 29.1 Å². The van der Waals surface area contributed by atoms with E-state index >= 15 is 0 Å². The average molecular weight is 437 g/mol. The van der Waals surface area contributed by atoms with Gasteiger partial charge in [0.05, 0.1) is 18.7 Å². The number of methoxy groups -OCH3 is 1. The van der Waals surface area contributed by atoms with Crippen LogP contribution in [0.15, 0.2) is 36.4 Å². The summed E-state index contributed by atoms with van der Waals surface area (Å²) in [6.45, 7) is 5.87. The third kappa shape index (κ3) is 6.10. The van der Waals surface area contributed by atoms with E-state index in [1.54, 1.807) is 19.9 Å². The maximum absolute atomic E-state index is 13.1. The van der Waals surface area contributed by atoms with E-state index in [0.717, 1.165) is 6.42 Å². The van der Waals surface area contributed by atoms with Crippen LogP contribution in [-0.2, 0) is 4.79 Å². The molecule has 0 fully saturated rings. The van der Waals surface area contributed by atoms with Crippen molar-refractivity contribution in [1.29, 1.82) is 0 Å². The lowest BCUT2D eigenvalue weighted by molar-refractivity contribution is -0.117. The fourth-order valence-electron chi connectivity index (χ4n) is 2.73. The molecular formula is C22H26ClFN2O4. The van der Waals surface area contributed by atoms with Gasteiger partial charge in [-0.3, -0.25) is 9.59 Å². The first-order chi connectivity index (χ1) is 14.3. The zero-order valence-corrected chi connectivity index (χ0v) is 18.3. The van der Waals surface area contributed by atoms with Gasteiger partial charge in [0.25, 0.3) is 5.91 Å². The molecule has 0 aliphatic rings. The lowest BCUT2D eigenvalue weighted by Gasteiger charge is -2.26. The second kappa shape index (κ2) is 10.8. The number of carbonyl (C=O) groups is 2. The van der Waals surface area contributed by atoms with Gasteiger partial charge in [-0.05, 0) is 56.7 Å². The predicted octanol–water partition coefficient (Wildman–Crippen LogP) is 4.77. The summed E-state index contributed by atoms with van der Waals surface area (Å²) in [5, 5.41) is 2.91. The van der Waals surface area contributed by atoms with Gasteiger partial charge in [0.15, 0.2) is 11.5 Å². The molecule has 0 unspecified atom stereocenters. The van der Waals surface area contributed by atoms with E-state index in [1.165, 1.54) is 42.3 Å². The number of nitrogens with zero attached hydrogens (tertiary/aromatic N) is 1. The SMILES string of the molecule is CCCOc1c(Cl)cc(C(=O)N(CC(=O)Nc2ccc(F)cc2)C(C)C)cc1OC. The topological polar surface area (TPSA) is 67.9 Å². The molecule has 2 rings (SSSR count). The molecule has 162 valence electrons. The third-order valence-electron chi connectivity index (χ3n) is 4.25. The fourth-order valence-corrected chi connectivity index (χ4v) is 3.00. The molecule has 0 radical (unpaired) electrons. The van der Waals surface area contributed by atoms with Crippen molar-refractivity contribution in [3.8, 4) is 11.5 Å². The van der Waals surface area contributed by atoms with Crippen molar-refractivity contribution in [2.45, 2.75) is 33.2 Å². The van der Waals surface area contributed by atoms with E-state index in [-0.39, 0.29) is 29.1 Å². The van der Waals surface area contributed by atoms with Crippen LogP contribution in [0, 0.1) is 5.82 Å². The monoisotopic (exact) mass is 436 g/mol. The number of benzene rings is 2. The fraction of sp³-hybridized carbons (Fsp3) is 0.364. The molecular weight excluding hydrogens is 411 g/mol. The molecule has 0 bridgehead atoms. The van der Waals surface area contributed by atoms with Gasteiger partial charge in [-0.25, -0.2) is 4.39 Å². The van der Waals surface area contributed by atoms with Crippen LogP contribution in [0.25, 0.3) is 0 Å². The zero-order valence-electron chi connectivity index (χ0n) is 17.5. The van der Waals surface area contributed by atoms with Gasteiger partial charge < -0.3 is 19.7 Å². The summed E-state index contributed by atoms with van der Waals surface area (Å²) in [4.78, 5) is 27.0. The van der Waals surface area contributed by atoms with Gasteiger partial charge in [0, 0.05) is 17.3 Å². The maximum Gasteiger partial charge on any atom is 0.254 e. The van der Waals surface area contributed by atoms with E-state index in [0.29, 0.717) is 23.8 Å². The Hall–Kier alpha value is -2.80. The minimum absolute atomic E-state index is 0.179. The van der Waals surface area contributed by atoms with E-state index in [2.05, 4.69) is 5.32 Å². The number of ether oxygens (including phenoxy) is 2. The number of halogens is 2. The summed E-state index contributed by atoms with van der Waals surface area (Å²) in [6.07, 6.45) is 0.796. The van der Waals surface area contributed by atoms with Crippen LogP contribution in [0.1, 0.15) is 37.6 Å². The molecule has 0 aromatic heterocycles. The summed E-state index contributed by atoms with van der Waals surface area (Å²) in [7, 11) is 1.47. The van der Waals surface area contributed by atoms with Gasteiger partial charge in [-0.15, -0.1) is 0 Å². The molecule has 8 heteroatoms. The Balaban J connectivity index is 2.20. The number of amides is 2. The zero-order chi connectivity index (χ0) is 22.3. The first kappa shape index (κ1) is 23.5. The highest BCUT2D eigenvalue weighted by Crippen LogP contribution is 2.37. The third-order valence-corrected chi connectivity index (χ3v) is 4.53. The first-order valence-electron chi connectivity index (χ1n) is 9.63. The van der Waals surface area contributed by atoms with Crippen molar-refractivity contribution in [2.75, 3.05) is 25.6 Å². The molecule has 0 saturated heterocycles. The van der Waals surface area contributed by atoms with E-state index in [9.17, 15) is 14.0 Å². The summed E-state index contributed by atoms with van der Waals surface area (Å²) < 4.78 is 24.0. The predicted molar refractivity (Wildman–Crippen MR) is 115 cm³/mol. The molecule has 6 nitrogen and oxygen atoms in total. The van der Waals surface area contributed by atoms with Crippen molar-refractivity contribution in [2.24, 2.45) is 0 Å². The quantitative estimate of drug-likeness (QED) is 0.615. The van der Waals surface area contributed by atoms with Crippen LogP contribution in [-0.4, -0.2) is 43.0 Å². The maximum atomic E-state index is 13.1. The second-order valence-corrected chi connectivity index (χ2v) is 7.33. The van der Waals surface area contributed by atoms with Crippen LogP contribution < -0.4 is 14.8 Å². The minimum Gasteiger partial charge on any atom is -0.493 e. The van der Waals surface area contributed by atoms with E-state index < -0.39 is 11.7 Å². The molecule has 0 aliphatic carbocycles. The Kier molecular flexibility index (Phi) is 8.47. The number of hydrogen-bond acceptors (Lipinski definition) is 4.